The number of carbonyl (C=O) groups excluding carboxylic acids is 1. The molecular formula is C14H12N6O. The van der Waals surface area contributed by atoms with Crippen LogP contribution in [0.15, 0.2) is 30.7 Å². The van der Waals surface area contributed by atoms with Gasteiger partial charge in [0.2, 0.25) is 0 Å². The van der Waals surface area contributed by atoms with Gasteiger partial charge in [0.15, 0.2) is 0 Å². The van der Waals surface area contributed by atoms with Crippen molar-refractivity contribution in [1.82, 2.24) is 30.3 Å². The quantitative estimate of drug-likeness (QED) is 0.717. The van der Waals surface area contributed by atoms with Crippen molar-refractivity contribution in [1.29, 1.82) is 0 Å². The van der Waals surface area contributed by atoms with Gasteiger partial charge in [-0.15, -0.1) is 0 Å². The van der Waals surface area contributed by atoms with Gasteiger partial charge in [-0.1, -0.05) is 0 Å². The number of rotatable bonds is 1. The molecule has 0 bridgehead atoms. The second-order valence-corrected chi connectivity index (χ2v) is 5.00. The van der Waals surface area contributed by atoms with E-state index in [4.69, 9.17) is 0 Å². The standard InChI is InChI=1S/C14H12N6O/c21-14(9-1-2-12-13(5-9)18-19-17-12)20-4-3-11-10(7-20)6-15-8-16-11/h1-2,5-6,8H,3-4,7H2,(H,17,18,19). The number of nitrogens with one attached hydrogen (secondary N) is 1. The third-order valence-electron chi connectivity index (χ3n) is 3.71. The number of aromatic nitrogens is 5. The molecule has 3 aromatic rings. The van der Waals surface area contributed by atoms with Gasteiger partial charge in [-0.2, -0.15) is 15.4 Å². The highest BCUT2D eigenvalue weighted by Crippen LogP contribution is 2.19. The molecule has 1 aliphatic heterocycles. The topological polar surface area (TPSA) is 87.7 Å². The molecule has 2 aromatic heterocycles. The smallest absolute Gasteiger partial charge is 0.254 e. The normalized spacial score (nSPS) is 14.2. The second-order valence-electron chi connectivity index (χ2n) is 5.00. The maximum absolute atomic E-state index is 12.6. The highest BCUT2D eigenvalue weighted by molar-refractivity contribution is 5.97. The van der Waals surface area contributed by atoms with E-state index in [9.17, 15) is 4.79 Å². The van der Waals surface area contributed by atoms with Gasteiger partial charge in [0, 0.05) is 36.8 Å². The number of carbonyl (C=O) groups is 1. The Bertz CT molecular complexity index is 827. The Balaban J connectivity index is 1.63. The molecule has 7 nitrogen and oxygen atoms in total. The Labute approximate surface area is 120 Å². The molecule has 0 spiro atoms. The molecule has 3 heterocycles. The van der Waals surface area contributed by atoms with Crippen molar-refractivity contribution in [3.8, 4) is 0 Å². The number of amides is 1. The fourth-order valence-electron chi connectivity index (χ4n) is 2.60. The molecule has 0 saturated carbocycles. The zero-order valence-corrected chi connectivity index (χ0v) is 11.2. The summed E-state index contributed by atoms with van der Waals surface area (Å²) in [5, 5.41) is 10.6. The Morgan fingerprint density at radius 2 is 2.14 bits per heavy atom. The first-order valence-electron chi connectivity index (χ1n) is 6.69. The first-order chi connectivity index (χ1) is 10.3. The molecule has 0 atom stereocenters. The maximum atomic E-state index is 12.6. The number of aromatic amines is 1. The van der Waals surface area contributed by atoms with Gasteiger partial charge in [0.1, 0.15) is 17.4 Å². The summed E-state index contributed by atoms with van der Waals surface area (Å²) >= 11 is 0. The Morgan fingerprint density at radius 1 is 1.24 bits per heavy atom. The zero-order valence-electron chi connectivity index (χ0n) is 11.2. The van der Waals surface area contributed by atoms with E-state index in [-0.39, 0.29) is 5.91 Å². The number of hydrogen-bond donors (Lipinski definition) is 1. The highest BCUT2D eigenvalue weighted by Gasteiger charge is 2.22. The Morgan fingerprint density at radius 3 is 3.10 bits per heavy atom. The van der Waals surface area contributed by atoms with Crippen LogP contribution < -0.4 is 0 Å². The van der Waals surface area contributed by atoms with Gasteiger partial charge < -0.3 is 4.90 Å². The first kappa shape index (κ1) is 12.0. The van der Waals surface area contributed by atoms with Gasteiger partial charge in [0.05, 0.1) is 5.69 Å². The third-order valence-corrected chi connectivity index (χ3v) is 3.71. The van der Waals surface area contributed by atoms with Gasteiger partial charge >= 0.3 is 0 Å². The van der Waals surface area contributed by atoms with Crippen molar-refractivity contribution >= 4 is 16.9 Å². The van der Waals surface area contributed by atoms with Crippen molar-refractivity contribution in [2.45, 2.75) is 13.0 Å². The minimum absolute atomic E-state index is 0.00518. The van der Waals surface area contributed by atoms with Crippen LogP contribution in [-0.4, -0.2) is 42.7 Å². The zero-order chi connectivity index (χ0) is 14.2. The van der Waals surface area contributed by atoms with E-state index in [1.54, 1.807) is 30.7 Å². The third kappa shape index (κ3) is 2.03. The van der Waals surface area contributed by atoms with Crippen molar-refractivity contribution < 1.29 is 4.79 Å². The summed E-state index contributed by atoms with van der Waals surface area (Å²) in [6, 6.07) is 5.34. The van der Waals surface area contributed by atoms with Crippen LogP contribution in [0.1, 0.15) is 21.6 Å². The molecule has 1 aromatic carbocycles. The van der Waals surface area contributed by atoms with Crippen LogP contribution in [-0.2, 0) is 13.0 Å². The van der Waals surface area contributed by atoms with Gasteiger partial charge in [0.25, 0.3) is 5.91 Å². The summed E-state index contributed by atoms with van der Waals surface area (Å²) in [4.78, 5) is 22.7. The molecule has 0 unspecified atom stereocenters. The predicted octanol–water partition coefficient (Wildman–Crippen LogP) is 0.946. The van der Waals surface area contributed by atoms with Crippen LogP contribution in [0, 0.1) is 0 Å². The van der Waals surface area contributed by atoms with Crippen LogP contribution in [0.3, 0.4) is 0 Å². The van der Waals surface area contributed by atoms with E-state index in [2.05, 4.69) is 25.4 Å². The summed E-state index contributed by atoms with van der Waals surface area (Å²) in [5.74, 6) is -0.00518. The van der Waals surface area contributed by atoms with E-state index in [1.807, 2.05) is 4.90 Å². The van der Waals surface area contributed by atoms with Crippen LogP contribution >= 0.6 is 0 Å². The summed E-state index contributed by atoms with van der Waals surface area (Å²) in [5.41, 5.74) is 4.11. The minimum atomic E-state index is -0.00518. The lowest BCUT2D eigenvalue weighted by Crippen LogP contribution is -2.36. The van der Waals surface area contributed by atoms with Crippen LogP contribution in [0.4, 0.5) is 0 Å². The molecule has 0 fully saturated rings. The molecule has 0 saturated heterocycles. The maximum Gasteiger partial charge on any atom is 0.254 e. The van der Waals surface area contributed by atoms with Crippen LogP contribution in [0.25, 0.3) is 11.0 Å². The van der Waals surface area contributed by atoms with E-state index < -0.39 is 0 Å². The molecule has 0 radical (unpaired) electrons. The lowest BCUT2D eigenvalue weighted by atomic mass is 10.1. The van der Waals surface area contributed by atoms with Gasteiger partial charge in [-0.25, -0.2) is 9.97 Å². The number of benzene rings is 1. The molecule has 7 heteroatoms. The average Bonchev–Trinajstić information content (AvgIpc) is 3.01. The highest BCUT2D eigenvalue weighted by atomic mass is 16.2. The van der Waals surface area contributed by atoms with Crippen LogP contribution in [0.2, 0.25) is 0 Å². The molecule has 21 heavy (non-hydrogen) atoms. The summed E-state index contributed by atoms with van der Waals surface area (Å²) in [6.07, 6.45) is 4.09. The fourth-order valence-corrected chi connectivity index (χ4v) is 2.60. The number of nitrogens with zero attached hydrogens (tertiary/aromatic N) is 5. The molecule has 4 rings (SSSR count). The molecular weight excluding hydrogens is 268 g/mol. The summed E-state index contributed by atoms with van der Waals surface area (Å²) in [6.45, 7) is 1.21. The first-order valence-corrected chi connectivity index (χ1v) is 6.69. The lowest BCUT2D eigenvalue weighted by molar-refractivity contribution is 0.0733. The van der Waals surface area contributed by atoms with E-state index >= 15 is 0 Å². The average molecular weight is 280 g/mol. The summed E-state index contributed by atoms with van der Waals surface area (Å²) < 4.78 is 0. The van der Waals surface area contributed by atoms with Crippen LogP contribution in [0.5, 0.6) is 0 Å². The monoisotopic (exact) mass is 280 g/mol. The Hall–Kier alpha value is -2.83. The molecule has 0 aliphatic carbocycles. The fraction of sp³-hybridized carbons (Fsp3) is 0.214. The summed E-state index contributed by atoms with van der Waals surface area (Å²) in [7, 11) is 0. The SMILES string of the molecule is O=C(c1ccc2n[nH]nc2c1)N1CCc2ncncc2C1. The van der Waals surface area contributed by atoms with Crippen molar-refractivity contribution in [3.63, 3.8) is 0 Å². The molecule has 1 N–H and O–H groups in total. The minimum Gasteiger partial charge on any atom is -0.334 e. The van der Waals surface area contributed by atoms with E-state index in [0.717, 1.165) is 23.2 Å². The lowest BCUT2D eigenvalue weighted by Gasteiger charge is -2.27. The van der Waals surface area contributed by atoms with Crippen molar-refractivity contribution in [2.24, 2.45) is 0 Å². The van der Waals surface area contributed by atoms with E-state index in [1.165, 1.54) is 0 Å². The molecule has 104 valence electrons. The van der Waals surface area contributed by atoms with Crippen molar-refractivity contribution in [2.75, 3.05) is 6.54 Å². The number of fused-ring (bicyclic) bond motifs is 2. The predicted molar refractivity (Wildman–Crippen MR) is 74.4 cm³/mol. The van der Waals surface area contributed by atoms with Gasteiger partial charge in [-0.3, -0.25) is 4.79 Å². The van der Waals surface area contributed by atoms with Gasteiger partial charge in [-0.05, 0) is 18.2 Å². The molecule has 1 aliphatic rings. The molecule has 1 amide bonds. The largest absolute Gasteiger partial charge is 0.334 e. The Kier molecular flexibility index (Phi) is 2.63. The van der Waals surface area contributed by atoms with Crippen molar-refractivity contribution in [3.05, 3.63) is 47.5 Å². The second kappa shape index (κ2) is 4.62. The van der Waals surface area contributed by atoms with E-state index in [0.29, 0.717) is 24.2 Å². The number of H-pyrrole nitrogens is 1. The number of hydrogen-bond acceptors (Lipinski definition) is 5.